The van der Waals surface area contributed by atoms with Crippen LogP contribution in [0.25, 0.3) is 0 Å². The highest BCUT2D eigenvalue weighted by Crippen LogP contribution is 2.25. The van der Waals surface area contributed by atoms with E-state index in [1.165, 1.54) is 0 Å². The van der Waals surface area contributed by atoms with Crippen LogP contribution in [0.5, 0.6) is 0 Å². The standard InChI is InChI=1S/C22H22N2O6/c1-15(25)29-21-19(27)24(14-18-11-7-4-8-12-18)22(30-16(2)26)20(28)23(21)13-17-9-5-3-6-10-17/h3-12,21-22H,13-14H2,1-2H3. The first-order valence-electron chi connectivity index (χ1n) is 9.40. The molecular formula is C22H22N2O6. The smallest absolute Gasteiger partial charge is 0.304 e. The number of esters is 2. The van der Waals surface area contributed by atoms with Crippen molar-refractivity contribution in [3.63, 3.8) is 0 Å². The SMILES string of the molecule is CC(=O)OC1C(=O)N(Cc2ccccc2)C(OC(C)=O)C(=O)N1Cc1ccccc1. The second-order valence-corrected chi connectivity index (χ2v) is 6.83. The molecule has 0 bridgehead atoms. The Hall–Kier alpha value is -3.68. The largest absolute Gasteiger partial charge is 0.432 e. The van der Waals surface area contributed by atoms with E-state index in [9.17, 15) is 19.2 Å². The first-order valence-corrected chi connectivity index (χ1v) is 9.40. The number of rotatable bonds is 6. The molecule has 0 spiro atoms. The molecule has 2 atom stereocenters. The zero-order valence-corrected chi connectivity index (χ0v) is 16.7. The van der Waals surface area contributed by atoms with Gasteiger partial charge in [-0.3, -0.25) is 29.0 Å². The zero-order valence-electron chi connectivity index (χ0n) is 16.7. The van der Waals surface area contributed by atoms with E-state index >= 15 is 0 Å². The topological polar surface area (TPSA) is 93.2 Å². The van der Waals surface area contributed by atoms with Crippen molar-refractivity contribution in [1.29, 1.82) is 0 Å². The lowest BCUT2D eigenvalue weighted by Gasteiger charge is -2.43. The van der Waals surface area contributed by atoms with Gasteiger partial charge in [0, 0.05) is 26.9 Å². The number of amides is 2. The van der Waals surface area contributed by atoms with Gasteiger partial charge in [-0.05, 0) is 11.1 Å². The predicted octanol–water partition coefficient (Wildman–Crippen LogP) is 1.84. The molecule has 0 N–H and O–H groups in total. The summed E-state index contributed by atoms with van der Waals surface area (Å²) < 4.78 is 10.4. The van der Waals surface area contributed by atoms with Crippen LogP contribution in [-0.2, 0) is 41.7 Å². The van der Waals surface area contributed by atoms with E-state index in [1.54, 1.807) is 48.5 Å². The van der Waals surface area contributed by atoms with E-state index < -0.39 is 36.2 Å². The van der Waals surface area contributed by atoms with Gasteiger partial charge in [-0.1, -0.05) is 60.7 Å². The summed E-state index contributed by atoms with van der Waals surface area (Å²) in [7, 11) is 0. The molecule has 2 amide bonds. The van der Waals surface area contributed by atoms with Crippen molar-refractivity contribution in [2.75, 3.05) is 0 Å². The van der Waals surface area contributed by atoms with Crippen LogP contribution in [-0.4, -0.2) is 46.0 Å². The normalized spacial score (nSPS) is 18.9. The number of hydrogen-bond acceptors (Lipinski definition) is 6. The maximum atomic E-state index is 13.3. The van der Waals surface area contributed by atoms with E-state index in [2.05, 4.69) is 0 Å². The monoisotopic (exact) mass is 410 g/mol. The summed E-state index contributed by atoms with van der Waals surface area (Å²) in [6.07, 6.45) is -2.91. The molecule has 2 aromatic rings. The van der Waals surface area contributed by atoms with Crippen molar-refractivity contribution < 1.29 is 28.7 Å². The van der Waals surface area contributed by atoms with Gasteiger partial charge in [-0.2, -0.15) is 0 Å². The van der Waals surface area contributed by atoms with Crippen LogP contribution in [0.3, 0.4) is 0 Å². The van der Waals surface area contributed by atoms with Crippen LogP contribution >= 0.6 is 0 Å². The number of carbonyl (C=O) groups is 4. The van der Waals surface area contributed by atoms with Gasteiger partial charge in [0.15, 0.2) is 0 Å². The van der Waals surface area contributed by atoms with Gasteiger partial charge >= 0.3 is 11.9 Å². The van der Waals surface area contributed by atoms with E-state index in [0.29, 0.717) is 0 Å². The third kappa shape index (κ3) is 4.83. The summed E-state index contributed by atoms with van der Waals surface area (Å²) in [4.78, 5) is 52.1. The Bertz CT molecular complexity index is 854. The summed E-state index contributed by atoms with van der Waals surface area (Å²) >= 11 is 0. The minimum Gasteiger partial charge on any atom is -0.432 e. The van der Waals surface area contributed by atoms with Crippen molar-refractivity contribution in [2.24, 2.45) is 0 Å². The third-order valence-electron chi connectivity index (χ3n) is 4.50. The quantitative estimate of drug-likeness (QED) is 0.675. The number of nitrogens with zero attached hydrogens (tertiary/aromatic N) is 2. The first kappa shape index (κ1) is 21.0. The fourth-order valence-corrected chi connectivity index (χ4v) is 3.21. The van der Waals surface area contributed by atoms with Gasteiger partial charge in [0.05, 0.1) is 0 Å². The van der Waals surface area contributed by atoms with Crippen LogP contribution < -0.4 is 0 Å². The van der Waals surface area contributed by atoms with Crippen LogP contribution in [0.4, 0.5) is 0 Å². The lowest BCUT2D eigenvalue weighted by atomic mass is 10.1. The molecule has 0 radical (unpaired) electrons. The molecule has 8 nitrogen and oxygen atoms in total. The van der Waals surface area contributed by atoms with Crippen LogP contribution in [0.2, 0.25) is 0 Å². The number of benzene rings is 2. The fraction of sp³-hybridized carbons (Fsp3) is 0.273. The molecule has 30 heavy (non-hydrogen) atoms. The summed E-state index contributed by atoms with van der Waals surface area (Å²) in [5.41, 5.74) is 1.46. The Balaban J connectivity index is 1.97. The van der Waals surface area contributed by atoms with Crippen LogP contribution in [0.1, 0.15) is 25.0 Å². The molecule has 0 aliphatic carbocycles. The Labute approximate surface area is 174 Å². The first-order chi connectivity index (χ1) is 14.4. The molecule has 2 unspecified atom stereocenters. The van der Waals surface area contributed by atoms with Crippen molar-refractivity contribution >= 4 is 23.8 Å². The predicted molar refractivity (Wildman–Crippen MR) is 105 cm³/mol. The molecule has 1 fully saturated rings. The summed E-state index contributed by atoms with van der Waals surface area (Å²) in [6.45, 7) is 2.36. The summed E-state index contributed by atoms with van der Waals surface area (Å²) in [6, 6.07) is 17.9. The van der Waals surface area contributed by atoms with Crippen molar-refractivity contribution in [2.45, 2.75) is 39.4 Å². The van der Waals surface area contributed by atoms with Crippen LogP contribution in [0.15, 0.2) is 60.7 Å². The molecule has 1 saturated heterocycles. The van der Waals surface area contributed by atoms with Crippen molar-refractivity contribution in [3.05, 3.63) is 71.8 Å². The molecule has 156 valence electrons. The molecule has 1 aliphatic heterocycles. The molecule has 2 aromatic carbocycles. The molecule has 1 aliphatic rings. The van der Waals surface area contributed by atoms with E-state index in [-0.39, 0.29) is 13.1 Å². The second-order valence-electron chi connectivity index (χ2n) is 6.83. The van der Waals surface area contributed by atoms with Gasteiger partial charge in [0.25, 0.3) is 24.3 Å². The summed E-state index contributed by atoms with van der Waals surface area (Å²) in [5, 5.41) is 0. The molecule has 0 aromatic heterocycles. The number of hydrogen-bond donors (Lipinski definition) is 0. The minimum atomic E-state index is -1.45. The zero-order chi connectivity index (χ0) is 21.7. The lowest BCUT2D eigenvalue weighted by molar-refractivity contribution is -0.207. The van der Waals surface area contributed by atoms with Crippen molar-refractivity contribution in [3.8, 4) is 0 Å². The van der Waals surface area contributed by atoms with E-state index in [4.69, 9.17) is 9.47 Å². The third-order valence-corrected chi connectivity index (χ3v) is 4.50. The maximum absolute atomic E-state index is 13.3. The van der Waals surface area contributed by atoms with Crippen LogP contribution in [0, 0.1) is 0 Å². The number of ether oxygens (including phenoxy) is 2. The highest BCUT2D eigenvalue weighted by molar-refractivity contribution is 5.97. The van der Waals surface area contributed by atoms with E-state index in [0.717, 1.165) is 34.8 Å². The van der Waals surface area contributed by atoms with Gasteiger partial charge in [-0.25, -0.2) is 0 Å². The lowest BCUT2D eigenvalue weighted by Crippen LogP contribution is -2.66. The van der Waals surface area contributed by atoms with Gasteiger partial charge in [0.2, 0.25) is 0 Å². The Morgan fingerprint density at radius 1 is 0.700 bits per heavy atom. The average Bonchev–Trinajstić information content (AvgIpc) is 2.72. The fourth-order valence-electron chi connectivity index (χ4n) is 3.21. The van der Waals surface area contributed by atoms with E-state index in [1.807, 2.05) is 12.1 Å². The number of carbonyl (C=O) groups excluding carboxylic acids is 4. The van der Waals surface area contributed by atoms with Crippen molar-refractivity contribution in [1.82, 2.24) is 9.80 Å². The van der Waals surface area contributed by atoms with Gasteiger partial charge < -0.3 is 9.47 Å². The van der Waals surface area contributed by atoms with Gasteiger partial charge in [-0.15, -0.1) is 0 Å². The molecule has 3 rings (SSSR count). The Kier molecular flexibility index (Phi) is 6.46. The highest BCUT2D eigenvalue weighted by Gasteiger charge is 2.49. The molecule has 1 heterocycles. The molecule has 0 saturated carbocycles. The summed E-state index contributed by atoms with van der Waals surface area (Å²) in [5.74, 6) is -2.69. The highest BCUT2D eigenvalue weighted by atomic mass is 16.6. The maximum Gasteiger partial charge on any atom is 0.304 e. The Morgan fingerprint density at radius 3 is 1.33 bits per heavy atom. The molecule has 8 heteroatoms. The number of piperazine rings is 1. The second kappa shape index (κ2) is 9.21. The minimum absolute atomic E-state index is 0.0142. The molecular weight excluding hydrogens is 388 g/mol. The van der Waals surface area contributed by atoms with Gasteiger partial charge in [0.1, 0.15) is 0 Å². The Morgan fingerprint density at radius 2 is 1.03 bits per heavy atom. The average molecular weight is 410 g/mol.